The Morgan fingerprint density at radius 2 is 2.11 bits per heavy atom. The number of rotatable bonds is 4. The molecular weight excluding hydrogens is 260 g/mol. The van der Waals surface area contributed by atoms with Crippen LogP contribution >= 0.6 is 12.2 Å². The van der Waals surface area contributed by atoms with E-state index in [4.69, 9.17) is 18.0 Å². The fourth-order valence-corrected chi connectivity index (χ4v) is 1.57. The van der Waals surface area contributed by atoms with Gasteiger partial charge in [0.15, 0.2) is 0 Å². The molecule has 1 aromatic carbocycles. The van der Waals surface area contributed by atoms with Crippen molar-refractivity contribution in [3.63, 3.8) is 0 Å². The quantitative estimate of drug-likeness (QED) is 0.824. The highest BCUT2D eigenvalue weighted by Crippen LogP contribution is 2.07. The van der Waals surface area contributed by atoms with E-state index in [1.54, 1.807) is 17.8 Å². The number of carbonyl (C=O) groups excluding carboxylic acids is 1. The Morgan fingerprint density at radius 1 is 1.42 bits per heavy atom. The van der Waals surface area contributed by atoms with Crippen LogP contribution in [0.25, 0.3) is 5.69 Å². The molecule has 98 valence electrons. The average molecular weight is 274 g/mol. The molecule has 1 atom stereocenters. The number of hydrogen-bond acceptors (Lipinski definition) is 3. The number of hydrogen-bond donors (Lipinski definition) is 2. The number of nitrogens with two attached hydrogens (primary N) is 1. The van der Waals surface area contributed by atoms with Gasteiger partial charge in [-0.05, 0) is 19.1 Å². The van der Waals surface area contributed by atoms with E-state index in [-0.39, 0.29) is 16.9 Å². The van der Waals surface area contributed by atoms with Crippen molar-refractivity contribution in [3.8, 4) is 5.69 Å². The lowest BCUT2D eigenvalue weighted by Gasteiger charge is -2.10. The second-order valence-electron chi connectivity index (χ2n) is 4.11. The average Bonchev–Trinajstić information content (AvgIpc) is 2.89. The molecule has 0 aliphatic carbocycles. The number of aromatic nitrogens is 2. The Bertz CT molecular complexity index is 594. The van der Waals surface area contributed by atoms with E-state index in [2.05, 4.69) is 10.4 Å². The summed E-state index contributed by atoms with van der Waals surface area (Å²) in [5.41, 5.74) is 6.81. The normalized spacial score (nSPS) is 11.8. The van der Waals surface area contributed by atoms with Crippen LogP contribution in [0.4, 0.5) is 0 Å². The van der Waals surface area contributed by atoms with Crippen molar-refractivity contribution in [2.24, 2.45) is 5.73 Å². The summed E-state index contributed by atoms with van der Waals surface area (Å²) >= 11 is 4.81. The number of benzene rings is 1. The molecule has 0 fully saturated rings. The van der Waals surface area contributed by atoms with Gasteiger partial charge in [0, 0.05) is 6.20 Å². The van der Waals surface area contributed by atoms with Crippen LogP contribution in [0.5, 0.6) is 0 Å². The Kier molecular flexibility index (Phi) is 3.91. The second-order valence-corrected chi connectivity index (χ2v) is 4.58. The fourth-order valence-electron chi connectivity index (χ4n) is 1.51. The van der Waals surface area contributed by atoms with Gasteiger partial charge in [-0.1, -0.05) is 30.4 Å². The summed E-state index contributed by atoms with van der Waals surface area (Å²) in [5.74, 6) is -0.248. The van der Waals surface area contributed by atoms with Gasteiger partial charge in [0.2, 0.25) is 0 Å². The molecule has 3 N–H and O–H groups in total. The van der Waals surface area contributed by atoms with E-state index in [0.29, 0.717) is 5.56 Å². The maximum atomic E-state index is 11.9. The zero-order valence-electron chi connectivity index (χ0n) is 10.4. The molecule has 2 aromatic rings. The Labute approximate surface area is 116 Å². The van der Waals surface area contributed by atoms with Crippen LogP contribution in [0.2, 0.25) is 0 Å². The zero-order chi connectivity index (χ0) is 13.8. The van der Waals surface area contributed by atoms with E-state index in [9.17, 15) is 4.79 Å². The fraction of sp³-hybridized carbons (Fsp3) is 0.154. The maximum Gasteiger partial charge on any atom is 0.255 e. The second kappa shape index (κ2) is 5.62. The number of nitrogens with zero attached hydrogens (tertiary/aromatic N) is 2. The van der Waals surface area contributed by atoms with Crippen LogP contribution in [0, 0.1) is 0 Å². The smallest absolute Gasteiger partial charge is 0.255 e. The summed E-state index contributed by atoms with van der Waals surface area (Å²) < 4.78 is 1.64. The predicted octanol–water partition coefficient (Wildman–Crippen LogP) is 1.28. The summed E-state index contributed by atoms with van der Waals surface area (Å²) in [6.07, 6.45) is 3.17. The van der Waals surface area contributed by atoms with Gasteiger partial charge in [0.05, 0.1) is 28.5 Å². The molecule has 5 nitrogen and oxygen atoms in total. The van der Waals surface area contributed by atoms with Crippen molar-refractivity contribution >= 4 is 23.1 Å². The lowest BCUT2D eigenvalue weighted by Crippen LogP contribution is -2.41. The van der Waals surface area contributed by atoms with E-state index >= 15 is 0 Å². The molecule has 1 heterocycles. The predicted molar refractivity (Wildman–Crippen MR) is 77.3 cm³/mol. The van der Waals surface area contributed by atoms with Gasteiger partial charge in [-0.25, -0.2) is 4.68 Å². The Hall–Kier alpha value is -2.21. The van der Waals surface area contributed by atoms with Gasteiger partial charge in [0.1, 0.15) is 0 Å². The van der Waals surface area contributed by atoms with Gasteiger partial charge in [-0.2, -0.15) is 5.10 Å². The van der Waals surface area contributed by atoms with Gasteiger partial charge in [-0.15, -0.1) is 0 Å². The van der Waals surface area contributed by atoms with Crippen LogP contribution in [0.15, 0.2) is 42.7 Å². The van der Waals surface area contributed by atoms with Crippen molar-refractivity contribution in [1.82, 2.24) is 15.1 Å². The highest BCUT2D eigenvalue weighted by molar-refractivity contribution is 7.80. The first kappa shape index (κ1) is 13.2. The van der Waals surface area contributed by atoms with Crippen molar-refractivity contribution < 1.29 is 4.79 Å². The van der Waals surface area contributed by atoms with Crippen molar-refractivity contribution in [2.75, 3.05) is 0 Å². The summed E-state index contributed by atoms with van der Waals surface area (Å²) in [6.45, 7) is 1.74. The van der Waals surface area contributed by atoms with Crippen LogP contribution in [-0.2, 0) is 0 Å². The number of para-hydroxylation sites is 1. The SMILES string of the molecule is CC(NC(=O)c1cnn(-c2ccccc2)c1)C(N)=S. The first-order valence-corrected chi connectivity index (χ1v) is 6.19. The van der Waals surface area contributed by atoms with Crippen molar-refractivity contribution in [3.05, 3.63) is 48.3 Å². The van der Waals surface area contributed by atoms with E-state index in [1.807, 2.05) is 30.3 Å². The lowest BCUT2D eigenvalue weighted by atomic mass is 10.3. The van der Waals surface area contributed by atoms with Crippen molar-refractivity contribution in [2.45, 2.75) is 13.0 Å². The van der Waals surface area contributed by atoms with Crippen molar-refractivity contribution in [1.29, 1.82) is 0 Å². The summed E-state index contributed by atoms with van der Waals surface area (Å²) in [6, 6.07) is 9.21. The minimum absolute atomic E-state index is 0.248. The van der Waals surface area contributed by atoms with Gasteiger partial charge < -0.3 is 11.1 Å². The molecule has 0 aliphatic heterocycles. The van der Waals surface area contributed by atoms with Crippen LogP contribution < -0.4 is 11.1 Å². The summed E-state index contributed by atoms with van der Waals surface area (Å²) in [7, 11) is 0. The topological polar surface area (TPSA) is 72.9 Å². The standard InChI is InChI=1S/C13H14N4OS/c1-9(12(14)19)16-13(18)10-7-15-17(8-10)11-5-3-2-4-6-11/h2-9H,1H3,(H2,14,19)(H,16,18). The summed E-state index contributed by atoms with van der Waals surface area (Å²) in [5, 5.41) is 6.85. The van der Waals surface area contributed by atoms with E-state index in [0.717, 1.165) is 5.69 Å². The van der Waals surface area contributed by atoms with Gasteiger partial charge >= 0.3 is 0 Å². The van der Waals surface area contributed by atoms with E-state index in [1.165, 1.54) is 6.20 Å². The number of carbonyl (C=O) groups is 1. The third kappa shape index (κ3) is 3.17. The lowest BCUT2D eigenvalue weighted by molar-refractivity contribution is 0.0949. The number of amides is 1. The molecule has 2 rings (SSSR count). The molecule has 0 saturated heterocycles. The molecule has 0 spiro atoms. The third-order valence-electron chi connectivity index (χ3n) is 2.64. The van der Waals surface area contributed by atoms with E-state index < -0.39 is 0 Å². The molecular formula is C13H14N4OS. The number of nitrogens with one attached hydrogen (secondary N) is 1. The molecule has 1 amide bonds. The highest BCUT2D eigenvalue weighted by Gasteiger charge is 2.13. The number of thiocarbonyl (C=S) groups is 1. The largest absolute Gasteiger partial charge is 0.392 e. The maximum absolute atomic E-state index is 11.9. The molecule has 0 saturated carbocycles. The first-order chi connectivity index (χ1) is 9.08. The zero-order valence-corrected chi connectivity index (χ0v) is 11.2. The highest BCUT2D eigenvalue weighted by atomic mass is 32.1. The van der Waals surface area contributed by atoms with Crippen LogP contribution in [0.1, 0.15) is 17.3 Å². The molecule has 0 radical (unpaired) electrons. The Balaban J connectivity index is 2.13. The molecule has 0 bridgehead atoms. The molecule has 6 heteroatoms. The minimum atomic E-state index is -0.345. The minimum Gasteiger partial charge on any atom is -0.392 e. The third-order valence-corrected chi connectivity index (χ3v) is 2.99. The van der Waals surface area contributed by atoms with Crippen LogP contribution in [-0.4, -0.2) is 26.7 Å². The van der Waals surface area contributed by atoms with Gasteiger partial charge in [-0.3, -0.25) is 4.79 Å². The molecule has 1 unspecified atom stereocenters. The molecule has 0 aliphatic rings. The first-order valence-electron chi connectivity index (χ1n) is 5.78. The molecule has 19 heavy (non-hydrogen) atoms. The van der Waals surface area contributed by atoms with Gasteiger partial charge in [0.25, 0.3) is 5.91 Å². The van der Waals surface area contributed by atoms with Crippen LogP contribution in [0.3, 0.4) is 0 Å². The summed E-state index contributed by atoms with van der Waals surface area (Å²) in [4.78, 5) is 12.2. The molecule has 1 aromatic heterocycles. The monoisotopic (exact) mass is 274 g/mol. The Morgan fingerprint density at radius 3 is 2.74 bits per heavy atom.